The van der Waals surface area contributed by atoms with Crippen molar-refractivity contribution >= 4 is 39.0 Å². The smallest absolute Gasteiger partial charge is 0.224 e. The Labute approximate surface area is 118 Å². The van der Waals surface area contributed by atoms with E-state index < -0.39 is 0 Å². The second-order valence-corrected chi connectivity index (χ2v) is 5.36. The summed E-state index contributed by atoms with van der Waals surface area (Å²) in [4.78, 5) is 12.8. The van der Waals surface area contributed by atoms with Crippen molar-refractivity contribution in [3.63, 3.8) is 0 Å². The van der Waals surface area contributed by atoms with Crippen molar-refractivity contribution < 1.29 is 0 Å². The van der Waals surface area contributed by atoms with E-state index in [-0.39, 0.29) is 0 Å². The highest BCUT2D eigenvalue weighted by Gasteiger charge is 2.04. The zero-order chi connectivity index (χ0) is 12.8. The Hall–Kier alpha value is -1.21. The SMILES string of the molecule is CCNc1ncc(Br)c(NCCc2nccs2)n1. The Morgan fingerprint density at radius 3 is 2.94 bits per heavy atom. The topological polar surface area (TPSA) is 62.7 Å². The van der Waals surface area contributed by atoms with Gasteiger partial charge in [-0.2, -0.15) is 4.98 Å². The van der Waals surface area contributed by atoms with Crippen molar-refractivity contribution in [3.8, 4) is 0 Å². The van der Waals surface area contributed by atoms with Crippen LogP contribution in [0.15, 0.2) is 22.2 Å². The highest BCUT2D eigenvalue weighted by atomic mass is 79.9. The highest BCUT2D eigenvalue weighted by molar-refractivity contribution is 9.10. The lowest BCUT2D eigenvalue weighted by atomic mass is 10.4. The molecule has 5 nitrogen and oxygen atoms in total. The van der Waals surface area contributed by atoms with Crippen LogP contribution in [-0.4, -0.2) is 28.0 Å². The van der Waals surface area contributed by atoms with Crippen molar-refractivity contribution in [2.75, 3.05) is 23.7 Å². The predicted octanol–water partition coefficient (Wildman–Crippen LogP) is 2.78. The Kier molecular flexibility index (Phi) is 4.89. The maximum absolute atomic E-state index is 4.38. The fourth-order valence-corrected chi connectivity index (χ4v) is 2.35. The molecule has 0 atom stereocenters. The number of nitrogens with zero attached hydrogens (tertiary/aromatic N) is 3. The molecule has 2 heterocycles. The lowest BCUT2D eigenvalue weighted by Crippen LogP contribution is -2.09. The van der Waals surface area contributed by atoms with Gasteiger partial charge in [0, 0.05) is 37.3 Å². The first-order valence-electron chi connectivity index (χ1n) is 5.68. The normalized spacial score (nSPS) is 10.3. The molecule has 2 aromatic heterocycles. The summed E-state index contributed by atoms with van der Waals surface area (Å²) in [6.07, 6.45) is 4.46. The molecule has 0 amide bonds. The largest absolute Gasteiger partial charge is 0.369 e. The number of anilines is 2. The standard InChI is InChI=1S/C11H14BrN5S/c1-2-13-11-16-7-8(12)10(17-11)15-4-3-9-14-5-6-18-9/h5-7H,2-4H2,1H3,(H2,13,15,16,17). The summed E-state index contributed by atoms with van der Waals surface area (Å²) < 4.78 is 0.864. The summed E-state index contributed by atoms with van der Waals surface area (Å²) in [6.45, 7) is 3.62. The van der Waals surface area contributed by atoms with Crippen molar-refractivity contribution in [3.05, 3.63) is 27.3 Å². The van der Waals surface area contributed by atoms with Crippen molar-refractivity contribution in [1.82, 2.24) is 15.0 Å². The quantitative estimate of drug-likeness (QED) is 0.854. The first kappa shape index (κ1) is 13.2. The first-order valence-corrected chi connectivity index (χ1v) is 7.35. The molecule has 2 aromatic rings. The maximum atomic E-state index is 4.38. The zero-order valence-corrected chi connectivity index (χ0v) is 12.4. The Morgan fingerprint density at radius 1 is 1.33 bits per heavy atom. The number of halogens is 1. The third kappa shape index (κ3) is 3.64. The minimum absolute atomic E-state index is 0.637. The molecule has 2 N–H and O–H groups in total. The Morgan fingerprint density at radius 2 is 2.22 bits per heavy atom. The van der Waals surface area contributed by atoms with E-state index in [1.54, 1.807) is 17.5 Å². The van der Waals surface area contributed by atoms with E-state index in [1.165, 1.54) is 0 Å². The van der Waals surface area contributed by atoms with Crippen LogP contribution >= 0.6 is 27.3 Å². The van der Waals surface area contributed by atoms with Gasteiger partial charge in [-0.1, -0.05) is 0 Å². The molecule has 0 fully saturated rings. The van der Waals surface area contributed by atoms with Crippen molar-refractivity contribution in [2.45, 2.75) is 13.3 Å². The molecule has 0 spiro atoms. The van der Waals surface area contributed by atoms with Gasteiger partial charge in [0.1, 0.15) is 5.82 Å². The van der Waals surface area contributed by atoms with E-state index in [0.29, 0.717) is 5.95 Å². The van der Waals surface area contributed by atoms with Crippen LogP contribution in [0.25, 0.3) is 0 Å². The summed E-state index contributed by atoms with van der Waals surface area (Å²) in [5.41, 5.74) is 0. The van der Waals surface area contributed by atoms with Gasteiger partial charge < -0.3 is 10.6 Å². The minimum Gasteiger partial charge on any atom is -0.369 e. The predicted molar refractivity (Wildman–Crippen MR) is 78.2 cm³/mol. The summed E-state index contributed by atoms with van der Waals surface area (Å²) >= 11 is 5.10. The summed E-state index contributed by atoms with van der Waals surface area (Å²) in [6, 6.07) is 0. The van der Waals surface area contributed by atoms with Gasteiger partial charge in [0.15, 0.2) is 0 Å². The highest BCUT2D eigenvalue weighted by Crippen LogP contribution is 2.20. The Bertz CT molecular complexity index is 488. The van der Waals surface area contributed by atoms with E-state index in [1.807, 2.05) is 18.5 Å². The van der Waals surface area contributed by atoms with Crippen LogP contribution in [-0.2, 0) is 6.42 Å². The molecular formula is C11H14BrN5S. The molecule has 0 aliphatic rings. The van der Waals surface area contributed by atoms with Crippen molar-refractivity contribution in [2.24, 2.45) is 0 Å². The number of hydrogen-bond acceptors (Lipinski definition) is 6. The Balaban J connectivity index is 1.93. The third-order valence-corrected chi connectivity index (χ3v) is 3.61. The van der Waals surface area contributed by atoms with Gasteiger partial charge in [-0.15, -0.1) is 11.3 Å². The number of hydrogen-bond donors (Lipinski definition) is 2. The summed E-state index contributed by atoms with van der Waals surface area (Å²) in [5, 5.41) is 9.47. The maximum Gasteiger partial charge on any atom is 0.224 e. The van der Waals surface area contributed by atoms with Gasteiger partial charge in [0.05, 0.1) is 9.48 Å². The molecule has 0 aromatic carbocycles. The van der Waals surface area contributed by atoms with Gasteiger partial charge in [0.25, 0.3) is 0 Å². The molecule has 0 unspecified atom stereocenters. The van der Waals surface area contributed by atoms with Crippen LogP contribution in [0.4, 0.5) is 11.8 Å². The van der Waals surface area contributed by atoms with E-state index in [0.717, 1.165) is 34.8 Å². The number of aromatic nitrogens is 3. The van der Waals surface area contributed by atoms with Crippen LogP contribution < -0.4 is 10.6 Å². The van der Waals surface area contributed by atoms with Crippen LogP contribution in [0, 0.1) is 0 Å². The second-order valence-electron chi connectivity index (χ2n) is 3.52. The molecule has 0 saturated carbocycles. The minimum atomic E-state index is 0.637. The second kappa shape index (κ2) is 6.65. The van der Waals surface area contributed by atoms with Gasteiger partial charge in [-0.3, -0.25) is 0 Å². The third-order valence-electron chi connectivity index (χ3n) is 2.19. The van der Waals surface area contributed by atoms with Crippen LogP contribution in [0.2, 0.25) is 0 Å². The van der Waals surface area contributed by atoms with Crippen molar-refractivity contribution in [1.29, 1.82) is 0 Å². The number of rotatable bonds is 6. The lowest BCUT2D eigenvalue weighted by Gasteiger charge is -2.08. The molecule has 96 valence electrons. The lowest BCUT2D eigenvalue weighted by molar-refractivity contribution is 0.976. The van der Waals surface area contributed by atoms with E-state index in [2.05, 4.69) is 41.5 Å². The first-order chi connectivity index (χ1) is 8.79. The molecule has 0 aliphatic carbocycles. The molecule has 0 saturated heterocycles. The van der Waals surface area contributed by atoms with Gasteiger partial charge >= 0.3 is 0 Å². The molecule has 18 heavy (non-hydrogen) atoms. The average Bonchev–Trinajstić information content (AvgIpc) is 2.86. The number of nitrogens with one attached hydrogen (secondary N) is 2. The van der Waals surface area contributed by atoms with E-state index in [4.69, 9.17) is 0 Å². The molecule has 0 bridgehead atoms. The van der Waals surface area contributed by atoms with Gasteiger partial charge in [0.2, 0.25) is 5.95 Å². The van der Waals surface area contributed by atoms with Crippen LogP contribution in [0.3, 0.4) is 0 Å². The summed E-state index contributed by atoms with van der Waals surface area (Å²) in [7, 11) is 0. The van der Waals surface area contributed by atoms with E-state index >= 15 is 0 Å². The summed E-state index contributed by atoms with van der Waals surface area (Å²) in [5.74, 6) is 1.44. The molecule has 7 heteroatoms. The van der Waals surface area contributed by atoms with Gasteiger partial charge in [-0.05, 0) is 22.9 Å². The van der Waals surface area contributed by atoms with Crippen LogP contribution in [0.5, 0.6) is 0 Å². The monoisotopic (exact) mass is 327 g/mol. The average molecular weight is 328 g/mol. The molecule has 0 radical (unpaired) electrons. The molecule has 0 aliphatic heterocycles. The van der Waals surface area contributed by atoms with Crippen LogP contribution in [0.1, 0.15) is 11.9 Å². The fraction of sp³-hybridized carbons (Fsp3) is 0.364. The molecular weight excluding hydrogens is 314 g/mol. The van der Waals surface area contributed by atoms with Gasteiger partial charge in [-0.25, -0.2) is 9.97 Å². The fourth-order valence-electron chi connectivity index (χ4n) is 1.40. The van der Waals surface area contributed by atoms with E-state index in [9.17, 15) is 0 Å². The zero-order valence-electron chi connectivity index (χ0n) is 9.98. The number of thiazole rings is 1. The molecule has 2 rings (SSSR count).